The zero-order chi connectivity index (χ0) is 14.7. The van der Waals surface area contributed by atoms with Gasteiger partial charge in [0.1, 0.15) is 11.4 Å². The van der Waals surface area contributed by atoms with E-state index in [0.717, 1.165) is 5.01 Å². The minimum atomic E-state index is -0.676. The van der Waals surface area contributed by atoms with Crippen molar-refractivity contribution in [2.45, 2.75) is 6.92 Å². The van der Waals surface area contributed by atoms with Crippen LogP contribution in [0.1, 0.15) is 25.9 Å². The van der Waals surface area contributed by atoms with Crippen molar-refractivity contribution in [3.8, 4) is 5.75 Å². The zero-order valence-electron chi connectivity index (χ0n) is 10.3. The van der Waals surface area contributed by atoms with Gasteiger partial charge in [-0.05, 0) is 25.1 Å². The normalized spacial score (nSPS) is 10.1. The highest BCUT2D eigenvalue weighted by Gasteiger charge is 2.14. The van der Waals surface area contributed by atoms with Gasteiger partial charge in [-0.25, -0.2) is 4.98 Å². The molecule has 6 nitrogen and oxygen atoms in total. The standard InChI is InChI=1S/C12H10ClN3O3S/c1-6-14-9(5-20-6)12(19)16-15-11(18)8-4-7(13)2-3-10(8)17/h2-5,17H,1H3,(H,15,18)(H,16,19). The highest BCUT2D eigenvalue weighted by molar-refractivity contribution is 7.09. The number of thiazole rings is 1. The van der Waals surface area contributed by atoms with Crippen molar-refractivity contribution in [3.63, 3.8) is 0 Å². The van der Waals surface area contributed by atoms with Gasteiger partial charge in [0.15, 0.2) is 0 Å². The molecule has 0 unspecified atom stereocenters. The number of nitrogens with zero attached hydrogens (tertiary/aromatic N) is 1. The van der Waals surface area contributed by atoms with Crippen molar-refractivity contribution in [3.05, 3.63) is 44.9 Å². The van der Waals surface area contributed by atoms with Gasteiger partial charge in [0.05, 0.1) is 10.6 Å². The van der Waals surface area contributed by atoms with Crippen LogP contribution in [0.4, 0.5) is 0 Å². The first kappa shape index (κ1) is 14.3. The molecule has 0 spiro atoms. The Morgan fingerprint density at radius 3 is 2.65 bits per heavy atom. The summed E-state index contributed by atoms with van der Waals surface area (Å²) in [7, 11) is 0. The average molecular weight is 312 g/mol. The first-order chi connectivity index (χ1) is 9.47. The van der Waals surface area contributed by atoms with Gasteiger partial charge in [-0.1, -0.05) is 11.6 Å². The van der Waals surface area contributed by atoms with Crippen molar-refractivity contribution in [2.24, 2.45) is 0 Å². The van der Waals surface area contributed by atoms with Crippen LogP contribution in [-0.2, 0) is 0 Å². The zero-order valence-corrected chi connectivity index (χ0v) is 11.9. The maximum Gasteiger partial charge on any atom is 0.289 e. The Hall–Kier alpha value is -2.12. The van der Waals surface area contributed by atoms with E-state index in [2.05, 4.69) is 15.8 Å². The number of aromatic hydroxyl groups is 1. The van der Waals surface area contributed by atoms with Gasteiger partial charge in [-0.2, -0.15) is 0 Å². The fourth-order valence-corrected chi connectivity index (χ4v) is 2.17. The summed E-state index contributed by atoms with van der Waals surface area (Å²) in [6, 6.07) is 4.04. The Labute approximate surface area is 123 Å². The van der Waals surface area contributed by atoms with Crippen LogP contribution in [0, 0.1) is 6.92 Å². The molecule has 1 heterocycles. The van der Waals surface area contributed by atoms with E-state index in [9.17, 15) is 14.7 Å². The van der Waals surface area contributed by atoms with E-state index in [4.69, 9.17) is 11.6 Å². The summed E-state index contributed by atoms with van der Waals surface area (Å²) < 4.78 is 0. The molecule has 2 aromatic rings. The predicted octanol–water partition coefficient (Wildman–Crippen LogP) is 1.89. The quantitative estimate of drug-likeness (QED) is 0.739. The molecule has 0 aliphatic rings. The third-order valence-electron chi connectivity index (χ3n) is 2.34. The lowest BCUT2D eigenvalue weighted by Crippen LogP contribution is -2.41. The topological polar surface area (TPSA) is 91.3 Å². The lowest BCUT2D eigenvalue weighted by Gasteiger charge is -2.07. The molecule has 104 valence electrons. The van der Waals surface area contributed by atoms with Crippen molar-refractivity contribution in [2.75, 3.05) is 0 Å². The molecule has 0 bridgehead atoms. The third kappa shape index (κ3) is 3.25. The number of hydrogen-bond acceptors (Lipinski definition) is 5. The number of carbonyl (C=O) groups excluding carboxylic acids is 2. The van der Waals surface area contributed by atoms with E-state index in [1.54, 1.807) is 12.3 Å². The van der Waals surface area contributed by atoms with Gasteiger partial charge < -0.3 is 5.11 Å². The van der Waals surface area contributed by atoms with Gasteiger partial charge in [-0.15, -0.1) is 11.3 Å². The molecule has 2 amide bonds. The van der Waals surface area contributed by atoms with Crippen molar-refractivity contribution < 1.29 is 14.7 Å². The molecule has 1 aromatic heterocycles. The molecule has 8 heteroatoms. The summed E-state index contributed by atoms with van der Waals surface area (Å²) in [6.45, 7) is 1.77. The first-order valence-electron chi connectivity index (χ1n) is 5.48. The molecular weight excluding hydrogens is 302 g/mol. The highest BCUT2D eigenvalue weighted by Crippen LogP contribution is 2.21. The molecule has 2 rings (SSSR count). The van der Waals surface area contributed by atoms with Crippen molar-refractivity contribution >= 4 is 34.8 Å². The molecule has 0 saturated carbocycles. The molecule has 0 radical (unpaired) electrons. The second-order valence-electron chi connectivity index (χ2n) is 3.82. The molecule has 0 aliphatic heterocycles. The fourth-order valence-electron chi connectivity index (χ4n) is 1.40. The Balaban J connectivity index is 2.02. The highest BCUT2D eigenvalue weighted by atomic mass is 35.5. The number of hydrogen-bond donors (Lipinski definition) is 3. The molecule has 1 aromatic carbocycles. The second-order valence-corrected chi connectivity index (χ2v) is 5.32. The van der Waals surface area contributed by atoms with E-state index in [1.165, 1.54) is 29.5 Å². The van der Waals surface area contributed by atoms with Gasteiger partial charge >= 0.3 is 0 Å². The van der Waals surface area contributed by atoms with Crippen molar-refractivity contribution in [1.29, 1.82) is 0 Å². The Kier molecular flexibility index (Phi) is 4.21. The number of aryl methyl sites for hydroxylation is 1. The largest absolute Gasteiger partial charge is 0.507 e. The van der Waals surface area contributed by atoms with Crippen LogP contribution in [-0.4, -0.2) is 21.9 Å². The minimum Gasteiger partial charge on any atom is -0.507 e. The van der Waals surface area contributed by atoms with Gasteiger partial charge in [0.2, 0.25) is 0 Å². The van der Waals surface area contributed by atoms with Crippen LogP contribution >= 0.6 is 22.9 Å². The molecule has 0 saturated heterocycles. The number of halogens is 1. The van der Waals surface area contributed by atoms with E-state index in [-0.39, 0.29) is 17.0 Å². The van der Waals surface area contributed by atoms with E-state index in [0.29, 0.717) is 5.02 Å². The molecule has 0 atom stereocenters. The smallest absolute Gasteiger partial charge is 0.289 e. The second kappa shape index (κ2) is 5.89. The SMILES string of the molecule is Cc1nc(C(=O)NNC(=O)c2cc(Cl)ccc2O)cs1. The molecule has 0 aliphatic carbocycles. The number of benzene rings is 1. The molecule has 0 fully saturated rings. The minimum absolute atomic E-state index is 0.0349. The predicted molar refractivity (Wildman–Crippen MR) is 74.9 cm³/mol. The third-order valence-corrected chi connectivity index (χ3v) is 3.35. The maximum absolute atomic E-state index is 11.8. The number of carbonyl (C=O) groups is 2. The van der Waals surface area contributed by atoms with Crippen LogP contribution < -0.4 is 10.9 Å². The van der Waals surface area contributed by atoms with E-state index in [1.807, 2.05) is 0 Å². The first-order valence-corrected chi connectivity index (χ1v) is 6.74. The molecule has 3 N–H and O–H groups in total. The van der Waals surface area contributed by atoms with Gasteiger partial charge in [-0.3, -0.25) is 20.4 Å². The lowest BCUT2D eigenvalue weighted by atomic mass is 10.2. The summed E-state index contributed by atoms with van der Waals surface area (Å²) in [5, 5.41) is 12.2. The summed E-state index contributed by atoms with van der Waals surface area (Å²) in [5.74, 6) is -1.44. The summed E-state index contributed by atoms with van der Waals surface area (Å²) >= 11 is 7.06. The van der Waals surface area contributed by atoms with Crippen LogP contribution in [0.25, 0.3) is 0 Å². The van der Waals surface area contributed by atoms with Crippen LogP contribution in [0.15, 0.2) is 23.6 Å². The lowest BCUT2D eigenvalue weighted by molar-refractivity contribution is 0.0842. The van der Waals surface area contributed by atoms with E-state index >= 15 is 0 Å². The van der Waals surface area contributed by atoms with Crippen LogP contribution in [0.2, 0.25) is 5.02 Å². The van der Waals surface area contributed by atoms with Gasteiger partial charge in [0.25, 0.3) is 11.8 Å². The molecular formula is C12H10ClN3O3S. The number of phenols is 1. The number of rotatable bonds is 2. The Morgan fingerprint density at radius 2 is 2.00 bits per heavy atom. The Bertz CT molecular complexity index is 672. The van der Waals surface area contributed by atoms with Crippen LogP contribution in [0.5, 0.6) is 5.75 Å². The summed E-state index contributed by atoms with van der Waals surface area (Å²) in [4.78, 5) is 27.4. The summed E-state index contributed by atoms with van der Waals surface area (Å²) in [6.07, 6.45) is 0. The summed E-state index contributed by atoms with van der Waals surface area (Å²) in [5.41, 5.74) is 4.57. The number of hydrazine groups is 1. The average Bonchev–Trinajstić information content (AvgIpc) is 2.85. The van der Waals surface area contributed by atoms with E-state index < -0.39 is 11.8 Å². The number of phenolic OH excluding ortho intramolecular Hbond substituents is 1. The number of aromatic nitrogens is 1. The molecule has 20 heavy (non-hydrogen) atoms. The van der Waals surface area contributed by atoms with Gasteiger partial charge in [0, 0.05) is 10.4 Å². The van der Waals surface area contributed by atoms with Crippen molar-refractivity contribution in [1.82, 2.24) is 15.8 Å². The fraction of sp³-hybridized carbons (Fsp3) is 0.0833. The number of nitrogens with one attached hydrogen (secondary N) is 2. The number of amides is 2. The maximum atomic E-state index is 11.8. The van der Waals surface area contributed by atoms with Crippen LogP contribution in [0.3, 0.4) is 0 Å². The Morgan fingerprint density at radius 1 is 1.30 bits per heavy atom. The monoisotopic (exact) mass is 311 g/mol.